The number of hydrogen-bond acceptors (Lipinski definition) is 2. The molecule has 0 radical (unpaired) electrons. The van der Waals surface area contributed by atoms with Gasteiger partial charge in [-0.05, 0) is 42.9 Å². The van der Waals surface area contributed by atoms with Crippen LogP contribution in [0.3, 0.4) is 0 Å². The highest BCUT2D eigenvalue weighted by molar-refractivity contribution is 4.82. The maximum absolute atomic E-state index is 6.33. The van der Waals surface area contributed by atoms with Crippen LogP contribution in [0.15, 0.2) is 0 Å². The molecule has 1 aliphatic rings. The van der Waals surface area contributed by atoms with Gasteiger partial charge in [0.25, 0.3) is 0 Å². The normalized spacial score (nSPS) is 34.7. The summed E-state index contributed by atoms with van der Waals surface area (Å²) in [4.78, 5) is 0. The van der Waals surface area contributed by atoms with Crippen molar-refractivity contribution >= 4 is 0 Å². The Kier molecular flexibility index (Phi) is 5.77. The molecule has 0 heterocycles. The molecule has 1 aliphatic carbocycles. The van der Waals surface area contributed by atoms with Gasteiger partial charge in [0.05, 0.1) is 0 Å². The van der Waals surface area contributed by atoms with Crippen molar-refractivity contribution in [2.45, 2.75) is 52.5 Å². The summed E-state index contributed by atoms with van der Waals surface area (Å²) >= 11 is 0. The first kappa shape index (κ1) is 14.0. The lowest BCUT2D eigenvalue weighted by Gasteiger charge is -2.36. The fraction of sp³-hybridized carbons (Fsp3) is 1.00. The van der Waals surface area contributed by atoms with Crippen LogP contribution in [-0.2, 0) is 4.74 Å². The molecular formula is C14H29NO. The summed E-state index contributed by atoms with van der Waals surface area (Å²) in [6, 6.07) is 0.375. The third kappa shape index (κ3) is 4.06. The molecule has 0 aliphatic heterocycles. The zero-order chi connectivity index (χ0) is 12.1. The summed E-state index contributed by atoms with van der Waals surface area (Å²) in [7, 11) is 1.77. The first-order valence-electron chi connectivity index (χ1n) is 6.79. The van der Waals surface area contributed by atoms with Crippen molar-refractivity contribution < 1.29 is 4.74 Å². The van der Waals surface area contributed by atoms with E-state index in [1.807, 2.05) is 0 Å². The molecule has 0 amide bonds. The molecule has 0 aromatic rings. The van der Waals surface area contributed by atoms with Crippen molar-refractivity contribution in [3.05, 3.63) is 0 Å². The summed E-state index contributed by atoms with van der Waals surface area (Å²) < 4.78 is 5.17. The molecule has 0 saturated heterocycles. The molecule has 5 unspecified atom stereocenters. The summed E-state index contributed by atoms with van der Waals surface area (Å²) in [5.41, 5.74) is 6.33. The predicted molar refractivity (Wildman–Crippen MR) is 69.3 cm³/mol. The van der Waals surface area contributed by atoms with Crippen LogP contribution in [-0.4, -0.2) is 19.8 Å². The van der Waals surface area contributed by atoms with Gasteiger partial charge in [0, 0.05) is 19.8 Å². The second kappa shape index (κ2) is 6.61. The topological polar surface area (TPSA) is 35.2 Å². The van der Waals surface area contributed by atoms with E-state index in [1.165, 1.54) is 19.3 Å². The summed E-state index contributed by atoms with van der Waals surface area (Å²) in [5.74, 6) is 3.07. The highest BCUT2D eigenvalue weighted by Gasteiger charge is 2.28. The average molecular weight is 227 g/mol. The van der Waals surface area contributed by atoms with Crippen LogP contribution >= 0.6 is 0 Å². The van der Waals surface area contributed by atoms with Gasteiger partial charge in [-0.15, -0.1) is 0 Å². The van der Waals surface area contributed by atoms with E-state index in [-0.39, 0.29) is 0 Å². The maximum atomic E-state index is 6.33. The molecule has 0 bridgehead atoms. The zero-order valence-corrected chi connectivity index (χ0v) is 11.4. The van der Waals surface area contributed by atoms with E-state index >= 15 is 0 Å². The maximum Gasteiger partial charge on any atom is 0.0488 e. The Morgan fingerprint density at radius 3 is 2.50 bits per heavy atom. The van der Waals surface area contributed by atoms with Crippen molar-refractivity contribution in [3.63, 3.8) is 0 Å². The van der Waals surface area contributed by atoms with E-state index in [9.17, 15) is 0 Å². The molecule has 5 atom stereocenters. The van der Waals surface area contributed by atoms with Gasteiger partial charge < -0.3 is 10.5 Å². The molecular weight excluding hydrogens is 198 g/mol. The van der Waals surface area contributed by atoms with Gasteiger partial charge in [0.1, 0.15) is 0 Å². The van der Waals surface area contributed by atoms with Crippen molar-refractivity contribution in [1.82, 2.24) is 0 Å². The van der Waals surface area contributed by atoms with Gasteiger partial charge in [0.15, 0.2) is 0 Å². The van der Waals surface area contributed by atoms with E-state index in [0.717, 1.165) is 30.8 Å². The van der Waals surface area contributed by atoms with Gasteiger partial charge in [-0.1, -0.05) is 27.2 Å². The first-order chi connectivity index (χ1) is 7.54. The molecule has 0 aromatic heterocycles. The van der Waals surface area contributed by atoms with E-state index < -0.39 is 0 Å². The van der Waals surface area contributed by atoms with E-state index in [2.05, 4.69) is 20.8 Å². The van der Waals surface area contributed by atoms with Crippen LogP contribution < -0.4 is 5.73 Å². The Labute approximate surface area is 101 Å². The molecule has 2 nitrogen and oxygen atoms in total. The molecule has 96 valence electrons. The van der Waals surface area contributed by atoms with Crippen LogP contribution in [0.4, 0.5) is 0 Å². The van der Waals surface area contributed by atoms with Crippen LogP contribution in [0.25, 0.3) is 0 Å². The average Bonchev–Trinajstić information content (AvgIpc) is 2.22. The Hall–Kier alpha value is -0.0800. The zero-order valence-electron chi connectivity index (χ0n) is 11.4. The largest absolute Gasteiger partial charge is 0.384 e. The number of rotatable bonds is 5. The number of nitrogens with two attached hydrogens (primary N) is 1. The molecule has 2 heteroatoms. The number of hydrogen-bond donors (Lipinski definition) is 1. The van der Waals surface area contributed by atoms with Crippen LogP contribution in [0.2, 0.25) is 0 Å². The van der Waals surface area contributed by atoms with Gasteiger partial charge in [0.2, 0.25) is 0 Å². The molecule has 16 heavy (non-hydrogen) atoms. The molecule has 2 N–H and O–H groups in total. The third-order valence-corrected chi connectivity index (χ3v) is 4.37. The van der Waals surface area contributed by atoms with Gasteiger partial charge in [-0.2, -0.15) is 0 Å². The summed E-state index contributed by atoms with van der Waals surface area (Å²) in [6.07, 6.45) is 5.12. The van der Waals surface area contributed by atoms with Crippen LogP contribution in [0.5, 0.6) is 0 Å². The molecule has 1 rings (SSSR count). The highest BCUT2D eigenvalue weighted by atomic mass is 16.5. The predicted octanol–water partition coefficient (Wildman–Crippen LogP) is 3.06. The van der Waals surface area contributed by atoms with E-state index in [0.29, 0.717) is 12.0 Å². The number of ether oxygens (including phenoxy) is 1. The van der Waals surface area contributed by atoms with Gasteiger partial charge >= 0.3 is 0 Å². The van der Waals surface area contributed by atoms with Crippen LogP contribution in [0.1, 0.15) is 46.5 Å². The van der Waals surface area contributed by atoms with Gasteiger partial charge in [-0.3, -0.25) is 0 Å². The van der Waals surface area contributed by atoms with Crippen molar-refractivity contribution in [2.24, 2.45) is 29.4 Å². The summed E-state index contributed by atoms with van der Waals surface area (Å²) in [5, 5.41) is 0. The summed E-state index contributed by atoms with van der Waals surface area (Å²) in [6.45, 7) is 7.83. The SMILES string of the molecule is COCC(C)CC(N)C1CCC(C)C(C)C1. The minimum Gasteiger partial charge on any atom is -0.384 e. The fourth-order valence-electron chi connectivity index (χ4n) is 2.99. The molecule has 0 spiro atoms. The lowest BCUT2D eigenvalue weighted by atomic mass is 9.72. The fourth-order valence-corrected chi connectivity index (χ4v) is 2.99. The standard InChI is InChI=1S/C14H29NO/c1-10(9-16-4)7-14(15)13-6-5-11(2)12(3)8-13/h10-14H,5-9,15H2,1-4H3. The first-order valence-corrected chi connectivity index (χ1v) is 6.79. The van der Waals surface area contributed by atoms with Gasteiger partial charge in [-0.25, -0.2) is 0 Å². The van der Waals surface area contributed by atoms with Crippen LogP contribution in [0, 0.1) is 23.7 Å². The van der Waals surface area contributed by atoms with Crippen molar-refractivity contribution in [1.29, 1.82) is 0 Å². The van der Waals surface area contributed by atoms with Crippen molar-refractivity contribution in [3.8, 4) is 0 Å². The monoisotopic (exact) mass is 227 g/mol. The van der Waals surface area contributed by atoms with E-state index in [1.54, 1.807) is 7.11 Å². The molecule has 1 fully saturated rings. The molecule has 0 aromatic carbocycles. The second-order valence-corrected chi connectivity index (χ2v) is 5.99. The highest BCUT2D eigenvalue weighted by Crippen LogP contribution is 2.35. The molecule has 1 saturated carbocycles. The third-order valence-electron chi connectivity index (χ3n) is 4.37. The Morgan fingerprint density at radius 1 is 1.25 bits per heavy atom. The van der Waals surface area contributed by atoms with E-state index in [4.69, 9.17) is 10.5 Å². The lowest BCUT2D eigenvalue weighted by molar-refractivity contribution is 0.132. The Balaban J connectivity index is 2.33. The Bertz CT molecular complexity index is 195. The Morgan fingerprint density at radius 2 is 1.94 bits per heavy atom. The lowest BCUT2D eigenvalue weighted by Crippen LogP contribution is -2.37. The minimum atomic E-state index is 0.375. The van der Waals surface area contributed by atoms with Crippen molar-refractivity contribution in [2.75, 3.05) is 13.7 Å². The smallest absolute Gasteiger partial charge is 0.0488 e. The minimum absolute atomic E-state index is 0.375. The number of methoxy groups -OCH3 is 1. The quantitative estimate of drug-likeness (QED) is 0.783. The second-order valence-electron chi connectivity index (χ2n) is 5.99.